The lowest BCUT2D eigenvalue weighted by Crippen LogP contribution is -2.50. The largest absolute Gasteiger partial charge is 0.457 e. The first-order valence-corrected chi connectivity index (χ1v) is 9.23. The third kappa shape index (κ3) is 1.81. The molecule has 0 radical (unpaired) electrons. The number of hydrogen-bond donors (Lipinski definition) is 0. The van der Waals surface area contributed by atoms with Crippen LogP contribution in [0.4, 0.5) is 0 Å². The van der Waals surface area contributed by atoms with Crippen LogP contribution in [0.1, 0.15) is 10.6 Å². The molecule has 0 N–H and O–H groups in total. The van der Waals surface area contributed by atoms with E-state index in [2.05, 4.69) is 0 Å². The number of hydroxylamine groups is 2. The number of carbonyl (C=O) groups excluding carboxylic acids is 3. The summed E-state index contributed by atoms with van der Waals surface area (Å²) in [5, 5.41) is -0.207. The van der Waals surface area contributed by atoms with E-state index in [0.29, 0.717) is 0 Å². The van der Waals surface area contributed by atoms with Crippen molar-refractivity contribution in [3.8, 4) is 0 Å². The van der Waals surface area contributed by atoms with Gasteiger partial charge in [0.1, 0.15) is 9.75 Å². The van der Waals surface area contributed by atoms with E-state index in [0.717, 1.165) is 0 Å². The van der Waals surface area contributed by atoms with E-state index >= 15 is 0 Å². The minimum absolute atomic E-state index is 0.218. The van der Waals surface area contributed by atoms with Gasteiger partial charge in [0, 0.05) is 0 Å². The summed E-state index contributed by atoms with van der Waals surface area (Å²) in [7, 11) is 0. The number of alkyl halides is 4. The highest BCUT2D eigenvalue weighted by Crippen LogP contribution is 2.77. The molecule has 0 spiro atoms. The minimum Gasteiger partial charge on any atom is -0.457 e. The van der Waals surface area contributed by atoms with Gasteiger partial charge in [-0.2, -0.15) is 0 Å². The molecular weight excluding hydrogens is 475 g/mol. The van der Waals surface area contributed by atoms with Gasteiger partial charge in [0.2, 0.25) is 5.76 Å². The molecule has 0 aromatic carbocycles. The van der Waals surface area contributed by atoms with Crippen molar-refractivity contribution in [2.24, 2.45) is 11.8 Å². The predicted octanol–water partition coefficient (Wildman–Crippen LogP) is 3.80. The van der Waals surface area contributed by atoms with Crippen LogP contribution in [0.5, 0.6) is 0 Å². The number of allylic oxidation sites excluding steroid dienone is 2. The summed E-state index contributed by atoms with van der Waals surface area (Å²) in [4.78, 5) is 38.6. The fraction of sp³-hybridized carbons (Fsp3) is 0.357. The highest BCUT2D eigenvalue weighted by molar-refractivity contribution is 6.66. The van der Waals surface area contributed by atoms with Crippen molar-refractivity contribution in [1.82, 2.24) is 5.06 Å². The van der Waals surface area contributed by atoms with Crippen LogP contribution in [0.2, 0.25) is 0 Å². The van der Waals surface area contributed by atoms with Gasteiger partial charge in [-0.05, 0) is 12.1 Å². The molecule has 1 aliphatic heterocycles. The second-order valence-corrected chi connectivity index (χ2v) is 9.18. The zero-order valence-corrected chi connectivity index (χ0v) is 16.7. The van der Waals surface area contributed by atoms with Crippen LogP contribution in [-0.2, 0) is 14.4 Å². The highest BCUT2D eigenvalue weighted by atomic mass is 35.5. The summed E-state index contributed by atoms with van der Waals surface area (Å²) in [5.41, 5.74) is 0. The Morgan fingerprint density at radius 1 is 1.04 bits per heavy atom. The summed E-state index contributed by atoms with van der Waals surface area (Å²) >= 11 is 37.9. The van der Waals surface area contributed by atoms with Gasteiger partial charge in [0.15, 0.2) is 4.33 Å². The SMILES string of the molecule is O=C(ON1C(=O)[C@@H]2[C@H](C1=O)[C@@]1(Cl)C(Cl)=C(Cl)[C@@]2(Cl)C1(Cl)Cl)c1ccco1. The molecule has 1 aromatic heterocycles. The van der Waals surface area contributed by atoms with Crippen LogP contribution in [-0.4, -0.2) is 36.9 Å². The molecule has 4 rings (SSSR count). The van der Waals surface area contributed by atoms with Crippen molar-refractivity contribution >= 4 is 87.4 Å². The fourth-order valence-corrected chi connectivity index (χ4v) is 6.51. The lowest BCUT2D eigenvalue weighted by Gasteiger charge is -2.34. The van der Waals surface area contributed by atoms with Crippen molar-refractivity contribution < 1.29 is 23.6 Å². The molecule has 1 saturated carbocycles. The van der Waals surface area contributed by atoms with Crippen molar-refractivity contribution in [2.45, 2.75) is 14.1 Å². The number of rotatable bonds is 2. The first-order valence-electron chi connectivity index (χ1n) is 6.96. The maximum atomic E-state index is 12.8. The van der Waals surface area contributed by atoms with Gasteiger partial charge in [-0.25, -0.2) is 4.79 Å². The minimum atomic E-state index is -2.05. The van der Waals surface area contributed by atoms with E-state index in [4.69, 9.17) is 78.9 Å². The molecule has 2 amide bonds. The van der Waals surface area contributed by atoms with E-state index < -0.39 is 43.7 Å². The van der Waals surface area contributed by atoms with Gasteiger partial charge < -0.3 is 9.25 Å². The monoisotopic (exact) mass is 477 g/mol. The molecule has 4 atom stereocenters. The van der Waals surface area contributed by atoms with Crippen molar-refractivity contribution in [3.63, 3.8) is 0 Å². The Hall–Kier alpha value is -0.630. The second kappa shape index (κ2) is 5.46. The number of fused-ring (bicyclic) bond motifs is 5. The summed E-state index contributed by atoms with van der Waals surface area (Å²) in [6, 6.07) is 2.72. The topological polar surface area (TPSA) is 76.8 Å². The zero-order valence-electron chi connectivity index (χ0n) is 12.1. The van der Waals surface area contributed by atoms with E-state index in [1.54, 1.807) is 0 Å². The summed E-state index contributed by atoms with van der Waals surface area (Å²) in [6.45, 7) is 0. The van der Waals surface area contributed by atoms with Crippen LogP contribution >= 0.6 is 69.6 Å². The van der Waals surface area contributed by atoms with Crippen LogP contribution in [0.25, 0.3) is 0 Å². The molecule has 138 valence electrons. The molecule has 2 bridgehead atoms. The predicted molar refractivity (Wildman–Crippen MR) is 93.3 cm³/mol. The first-order chi connectivity index (χ1) is 12.0. The smallest absolute Gasteiger partial charge is 0.398 e. The lowest BCUT2D eigenvalue weighted by molar-refractivity contribution is -0.175. The molecule has 2 fully saturated rings. The average Bonchev–Trinajstić information content (AvgIpc) is 3.25. The van der Waals surface area contributed by atoms with E-state index in [1.165, 1.54) is 18.4 Å². The Morgan fingerprint density at radius 3 is 1.96 bits per heavy atom. The number of imide groups is 1. The van der Waals surface area contributed by atoms with E-state index in [9.17, 15) is 14.4 Å². The molecule has 1 saturated heterocycles. The summed E-state index contributed by atoms with van der Waals surface area (Å²) < 4.78 is 2.82. The van der Waals surface area contributed by atoms with Gasteiger partial charge in [-0.1, -0.05) is 46.4 Å². The molecule has 0 unspecified atom stereocenters. The molecule has 3 aliphatic rings. The third-order valence-corrected chi connectivity index (χ3v) is 9.02. The number of carbonyl (C=O) groups is 3. The Bertz CT molecular complexity index is 852. The number of amides is 2. The Balaban J connectivity index is 1.76. The molecular formula is C14H5Cl6NO5. The number of hydrogen-bond acceptors (Lipinski definition) is 5. The van der Waals surface area contributed by atoms with Crippen molar-refractivity contribution in [3.05, 3.63) is 34.2 Å². The van der Waals surface area contributed by atoms with Crippen LogP contribution in [0.15, 0.2) is 32.9 Å². The number of halogens is 6. The van der Waals surface area contributed by atoms with Gasteiger partial charge in [0.05, 0.1) is 28.2 Å². The molecule has 26 heavy (non-hydrogen) atoms. The lowest BCUT2D eigenvalue weighted by atomic mass is 9.84. The van der Waals surface area contributed by atoms with Gasteiger partial charge in [-0.3, -0.25) is 9.59 Å². The van der Waals surface area contributed by atoms with Gasteiger partial charge >= 0.3 is 5.97 Å². The maximum Gasteiger partial charge on any atom is 0.398 e. The van der Waals surface area contributed by atoms with Crippen molar-refractivity contribution in [2.75, 3.05) is 0 Å². The Labute approximate surface area is 175 Å². The standard InChI is InChI=1S/C14H5Cl6NO5/c15-7-8(16)13(18)6-5(12(7,17)14(13,19)20)9(22)21(10(6)23)26-11(24)4-2-1-3-25-4/h1-3,5-6H/t5-,6+,12-,13-/m1/s1. The maximum absolute atomic E-state index is 12.8. The quantitative estimate of drug-likeness (QED) is 0.476. The second-order valence-electron chi connectivity index (χ2n) is 5.91. The zero-order chi connectivity index (χ0) is 19.2. The fourth-order valence-electron chi connectivity index (χ4n) is 3.58. The number of furan rings is 1. The summed E-state index contributed by atoms with van der Waals surface area (Å²) in [6.07, 6.45) is 1.22. The van der Waals surface area contributed by atoms with Crippen LogP contribution in [0.3, 0.4) is 0 Å². The van der Waals surface area contributed by atoms with E-state index in [-0.39, 0.29) is 20.9 Å². The summed E-state index contributed by atoms with van der Waals surface area (Å²) in [5.74, 6) is -5.96. The molecule has 2 aliphatic carbocycles. The first kappa shape index (κ1) is 18.7. The molecule has 2 heterocycles. The molecule has 12 heteroatoms. The number of nitrogens with zero attached hydrogens (tertiary/aromatic N) is 1. The average molecular weight is 480 g/mol. The highest BCUT2D eigenvalue weighted by Gasteiger charge is 2.88. The molecule has 6 nitrogen and oxygen atoms in total. The van der Waals surface area contributed by atoms with Crippen LogP contribution in [0, 0.1) is 11.8 Å². The van der Waals surface area contributed by atoms with E-state index in [1.807, 2.05) is 0 Å². The molecule has 1 aromatic rings. The Morgan fingerprint density at radius 2 is 1.54 bits per heavy atom. The van der Waals surface area contributed by atoms with Crippen LogP contribution < -0.4 is 0 Å². The van der Waals surface area contributed by atoms with Gasteiger partial charge in [0.25, 0.3) is 11.8 Å². The third-order valence-electron chi connectivity index (χ3n) is 4.76. The van der Waals surface area contributed by atoms with Crippen molar-refractivity contribution in [1.29, 1.82) is 0 Å². The van der Waals surface area contributed by atoms with Gasteiger partial charge in [-0.15, -0.1) is 28.3 Å². The Kier molecular flexibility index (Phi) is 3.93. The normalized spacial score (nSPS) is 37.5.